The molecule has 0 unspecified atom stereocenters. The summed E-state index contributed by atoms with van der Waals surface area (Å²) in [7, 11) is 1.47. The van der Waals surface area contributed by atoms with Gasteiger partial charge in [0.2, 0.25) is 17.5 Å². The summed E-state index contributed by atoms with van der Waals surface area (Å²) < 4.78 is 12.6. The first kappa shape index (κ1) is 42.2. The molecule has 0 spiro atoms. The van der Waals surface area contributed by atoms with Gasteiger partial charge in [-0.2, -0.15) is 4.99 Å². The van der Waals surface area contributed by atoms with E-state index in [0.29, 0.717) is 29.9 Å². The summed E-state index contributed by atoms with van der Waals surface area (Å²) in [4.78, 5) is 27.1. The fourth-order valence-corrected chi connectivity index (χ4v) is 4.11. The van der Waals surface area contributed by atoms with Crippen molar-refractivity contribution in [3.63, 3.8) is 0 Å². The zero-order chi connectivity index (χ0) is 35.8. The van der Waals surface area contributed by atoms with Crippen molar-refractivity contribution in [3.8, 4) is 5.75 Å². The van der Waals surface area contributed by atoms with Crippen LogP contribution in [0.15, 0.2) is 99.0 Å². The van der Waals surface area contributed by atoms with Crippen molar-refractivity contribution in [1.29, 1.82) is 0 Å². The fraction of sp³-hybridized carbons (Fsp3) is 0.395. The zero-order valence-electron chi connectivity index (χ0n) is 30.1. The van der Waals surface area contributed by atoms with E-state index < -0.39 is 0 Å². The molecular weight excluding hydrogens is 590 g/mol. The average molecular weight is 646 g/mol. The smallest absolute Gasteiger partial charge is 0.297 e. The van der Waals surface area contributed by atoms with Crippen molar-refractivity contribution in [1.82, 2.24) is 9.55 Å². The summed E-state index contributed by atoms with van der Waals surface area (Å²) in [6, 6.07) is 7.45. The van der Waals surface area contributed by atoms with E-state index in [1.165, 1.54) is 19.7 Å². The predicted octanol–water partition coefficient (Wildman–Crippen LogP) is 9.11. The maximum Gasteiger partial charge on any atom is 0.297 e. The maximum absolute atomic E-state index is 13.9. The van der Waals surface area contributed by atoms with E-state index in [-0.39, 0.29) is 29.6 Å². The van der Waals surface area contributed by atoms with Gasteiger partial charge in [-0.15, -0.1) is 0 Å². The predicted molar refractivity (Wildman–Crippen MR) is 199 cm³/mol. The van der Waals surface area contributed by atoms with E-state index in [4.69, 9.17) is 14.5 Å². The minimum absolute atomic E-state index is 0.117. The first-order valence-corrected chi connectivity index (χ1v) is 16.3. The van der Waals surface area contributed by atoms with Crippen LogP contribution in [0.3, 0.4) is 0 Å². The number of rotatable bonds is 14. The molecule has 2 rings (SSSR count). The number of aliphatic imine (C=N–C) groups is 2. The van der Waals surface area contributed by atoms with E-state index in [1.807, 2.05) is 98.7 Å². The van der Waals surface area contributed by atoms with Gasteiger partial charge in [-0.1, -0.05) is 115 Å². The van der Waals surface area contributed by atoms with Crippen LogP contribution in [-0.4, -0.2) is 40.0 Å². The average Bonchev–Trinajstić information content (AvgIpc) is 3.11. The third-order valence-corrected chi connectivity index (χ3v) is 6.56. The van der Waals surface area contributed by atoms with Crippen LogP contribution in [0.1, 0.15) is 97.8 Å². The van der Waals surface area contributed by atoms with Crippen LogP contribution in [0.2, 0.25) is 0 Å². The monoisotopic (exact) mass is 645 g/mol. The molecule has 0 fully saturated rings. The van der Waals surface area contributed by atoms with Gasteiger partial charge in [0.25, 0.3) is 5.56 Å². The number of methoxy groups -OCH3 is 1. The molecule has 1 aromatic heterocycles. The second kappa shape index (κ2) is 24.4. The summed E-state index contributed by atoms with van der Waals surface area (Å²) >= 11 is 0. The molecule has 0 saturated heterocycles. The standard InChI is InChI=1S/C34H43N5O4.2C2H6/c1-9-16-30-37-29(12-4)32(43-31(35-13-5)21-24(6)10-2)34(40)39(30)22-26(11-3)20-19-25(7)27-17-14-15-18-28(27)33(38-41)36-23-42-8;2*1-2/h11,13-15,17-21,23,41H,3,5,9-10,12,16,22H2,1-2,4,6-8H3;2*1-2H3/b24-21+,25-19+,26-20+,35-31?,36-23?,38-33-;;. The number of aromatic nitrogens is 2. The lowest BCUT2D eigenvalue weighted by Crippen LogP contribution is -2.30. The number of benzene rings is 1. The number of hydrogen-bond donors (Lipinski definition) is 1. The van der Waals surface area contributed by atoms with Crippen molar-refractivity contribution in [3.05, 3.63) is 112 Å². The van der Waals surface area contributed by atoms with E-state index in [0.717, 1.165) is 35.1 Å². The Morgan fingerprint density at radius 2 is 1.70 bits per heavy atom. The second-order valence-electron chi connectivity index (χ2n) is 9.63. The molecule has 0 aliphatic heterocycles. The van der Waals surface area contributed by atoms with Crippen molar-refractivity contribution in [2.45, 2.75) is 94.5 Å². The zero-order valence-corrected chi connectivity index (χ0v) is 30.1. The molecule has 0 saturated carbocycles. The topological polar surface area (TPSA) is 111 Å². The first-order valence-electron chi connectivity index (χ1n) is 16.3. The highest BCUT2D eigenvalue weighted by atomic mass is 16.5. The van der Waals surface area contributed by atoms with Crippen LogP contribution in [0.5, 0.6) is 5.75 Å². The van der Waals surface area contributed by atoms with Gasteiger partial charge in [0.15, 0.2) is 6.40 Å². The number of oxime groups is 1. The summed E-state index contributed by atoms with van der Waals surface area (Å²) in [5.41, 5.74) is 4.48. The molecule has 256 valence electrons. The summed E-state index contributed by atoms with van der Waals surface area (Å²) in [5.74, 6) is 1.24. The Bertz CT molecular complexity index is 1520. The molecule has 1 heterocycles. The molecule has 0 atom stereocenters. The SMILES string of the molecule is C=CN=C(/C=C(\C)CC)Oc1c(CC)nc(CCC)n(C/C(C=C)=C/C=C(\C)c2ccccc2/C(N=COC)=N/O)c1=O.CC.CC. The van der Waals surface area contributed by atoms with Crippen molar-refractivity contribution in [2.24, 2.45) is 15.1 Å². The minimum Gasteiger partial charge on any atom is -0.486 e. The molecule has 47 heavy (non-hydrogen) atoms. The number of nitrogens with zero attached hydrogens (tertiary/aromatic N) is 5. The van der Waals surface area contributed by atoms with Crippen LogP contribution in [0.4, 0.5) is 0 Å². The van der Waals surface area contributed by atoms with Gasteiger partial charge in [0.1, 0.15) is 5.82 Å². The molecule has 0 aliphatic carbocycles. The van der Waals surface area contributed by atoms with Gasteiger partial charge in [-0.3, -0.25) is 9.36 Å². The summed E-state index contributed by atoms with van der Waals surface area (Å²) in [6.45, 7) is 25.9. The summed E-state index contributed by atoms with van der Waals surface area (Å²) in [5, 5.41) is 12.9. The third kappa shape index (κ3) is 13.2. The van der Waals surface area contributed by atoms with E-state index in [9.17, 15) is 10.0 Å². The Morgan fingerprint density at radius 1 is 1.04 bits per heavy atom. The van der Waals surface area contributed by atoms with Gasteiger partial charge in [0, 0.05) is 18.2 Å². The quantitative estimate of drug-likeness (QED) is 0.0724. The Balaban J connectivity index is 0.00000508. The highest BCUT2D eigenvalue weighted by molar-refractivity contribution is 6.05. The number of hydrogen-bond acceptors (Lipinski definition) is 7. The molecule has 1 N–H and O–H groups in total. The first-order chi connectivity index (χ1) is 22.8. The lowest BCUT2D eigenvalue weighted by molar-refractivity contribution is 0.318. The normalized spacial score (nSPS) is 12.5. The van der Waals surface area contributed by atoms with E-state index in [2.05, 4.69) is 28.3 Å². The largest absolute Gasteiger partial charge is 0.486 e. The molecule has 2 aromatic rings. The van der Waals surface area contributed by atoms with Crippen LogP contribution < -0.4 is 10.3 Å². The van der Waals surface area contributed by atoms with E-state index in [1.54, 1.807) is 16.7 Å². The number of amidine groups is 1. The lowest BCUT2D eigenvalue weighted by atomic mass is 9.99. The van der Waals surface area contributed by atoms with Crippen LogP contribution in [0, 0.1) is 0 Å². The Morgan fingerprint density at radius 3 is 2.23 bits per heavy atom. The van der Waals surface area contributed by atoms with Gasteiger partial charge >= 0.3 is 0 Å². The second-order valence-corrected chi connectivity index (χ2v) is 9.63. The van der Waals surface area contributed by atoms with Crippen molar-refractivity contribution in [2.75, 3.05) is 7.11 Å². The maximum atomic E-state index is 13.9. The molecular formula is C38H55N5O4. The van der Waals surface area contributed by atoms with Crippen LogP contribution in [-0.2, 0) is 24.1 Å². The fourth-order valence-electron chi connectivity index (χ4n) is 4.11. The number of ether oxygens (including phenoxy) is 2. The Hall–Kier alpha value is -4.79. The molecule has 9 heteroatoms. The van der Waals surface area contributed by atoms with Crippen LogP contribution >= 0.6 is 0 Å². The molecule has 0 amide bonds. The molecule has 0 radical (unpaired) electrons. The third-order valence-electron chi connectivity index (χ3n) is 6.56. The lowest BCUT2D eigenvalue weighted by Gasteiger charge is -2.17. The Labute approximate surface area is 282 Å². The van der Waals surface area contributed by atoms with Gasteiger partial charge in [0.05, 0.1) is 19.3 Å². The number of allylic oxidation sites excluding steroid dienone is 6. The number of aryl methyl sites for hydroxylation is 2. The summed E-state index contributed by atoms with van der Waals surface area (Å²) in [6.07, 6.45) is 12.7. The molecule has 0 aliphatic rings. The van der Waals surface area contributed by atoms with Gasteiger partial charge < -0.3 is 14.7 Å². The van der Waals surface area contributed by atoms with Gasteiger partial charge in [-0.25, -0.2) is 9.98 Å². The van der Waals surface area contributed by atoms with Crippen LogP contribution in [0.25, 0.3) is 5.57 Å². The van der Waals surface area contributed by atoms with E-state index >= 15 is 0 Å². The molecule has 9 nitrogen and oxygen atoms in total. The van der Waals surface area contributed by atoms with Crippen molar-refractivity contribution >= 4 is 23.7 Å². The highest BCUT2D eigenvalue weighted by Gasteiger charge is 2.19. The minimum atomic E-state index is -0.284. The Kier molecular flexibility index (Phi) is 22.0. The van der Waals surface area contributed by atoms with Gasteiger partial charge in [-0.05, 0) is 55.9 Å². The highest BCUT2D eigenvalue weighted by Crippen LogP contribution is 2.22. The van der Waals surface area contributed by atoms with Crippen molar-refractivity contribution < 1.29 is 14.7 Å². The molecule has 0 bridgehead atoms. The molecule has 1 aromatic carbocycles.